The average molecular weight is 624 g/mol. The highest BCUT2D eigenvalue weighted by molar-refractivity contribution is 6.12. The summed E-state index contributed by atoms with van der Waals surface area (Å²) >= 11 is 0. The summed E-state index contributed by atoms with van der Waals surface area (Å²) in [5.74, 6) is 0. The number of rotatable bonds is 4. The van der Waals surface area contributed by atoms with Crippen LogP contribution < -0.4 is 0 Å². The van der Waals surface area contributed by atoms with Crippen molar-refractivity contribution in [3.8, 4) is 27.9 Å². The van der Waals surface area contributed by atoms with Crippen molar-refractivity contribution in [3.63, 3.8) is 0 Å². The normalized spacial score (nSPS) is 14.7. The van der Waals surface area contributed by atoms with Gasteiger partial charge in [0, 0.05) is 27.3 Å². The molecule has 0 spiro atoms. The fraction of sp³-hybridized carbons (Fsp3) is 0.234. The third kappa shape index (κ3) is 4.23. The van der Waals surface area contributed by atoms with Gasteiger partial charge in [0.05, 0.1) is 11.0 Å². The molecule has 1 heterocycles. The predicted octanol–water partition coefficient (Wildman–Crippen LogP) is 12.6. The molecule has 0 unspecified atom stereocenters. The minimum Gasteiger partial charge on any atom is -0.309 e. The maximum Gasteiger partial charge on any atom is 0.0544 e. The first kappa shape index (κ1) is 30.5. The SMILES string of the molecule is CCc1ccccc1-c1cc(-n2c3ccccc3c3c4c(ccc32)C(C)(C)c2c(ccc(C)c2-c2ccccc2C)C4(C)C)ccc1C. The summed E-state index contributed by atoms with van der Waals surface area (Å²) in [6.07, 6.45) is 1.01. The van der Waals surface area contributed by atoms with Crippen molar-refractivity contribution in [3.05, 3.63) is 160 Å². The molecule has 7 aromatic rings. The van der Waals surface area contributed by atoms with Gasteiger partial charge in [-0.1, -0.05) is 126 Å². The first-order valence-electron chi connectivity index (χ1n) is 17.5. The molecule has 238 valence electrons. The second-order valence-corrected chi connectivity index (χ2v) is 15.0. The summed E-state index contributed by atoms with van der Waals surface area (Å²) < 4.78 is 2.51. The summed E-state index contributed by atoms with van der Waals surface area (Å²) in [5.41, 5.74) is 19.8. The van der Waals surface area contributed by atoms with Gasteiger partial charge in [-0.2, -0.15) is 0 Å². The van der Waals surface area contributed by atoms with Gasteiger partial charge in [-0.25, -0.2) is 0 Å². The van der Waals surface area contributed by atoms with Gasteiger partial charge in [-0.3, -0.25) is 0 Å². The van der Waals surface area contributed by atoms with E-state index in [1.807, 2.05) is 0 Å². The lowest BCUT2D eigenvalue weighted by Crippen LogP contribution is -2.37. The van der Waals surface area contributed by atoms with E-state index in [1.165, 1.54) is 94.3 Å². The zero-order valence-electron chi connectivity index (χ0n) is 29.6. The van der Waals surface area contributed by atoms with Crippen molar-refractivity contribution in [2.24, 2.45) is 0 Å². The van der Waals surface area contributed by atoms with Crippen LogP contribution in [0.25, 0.3) is 49.7 Å². The summed E-state index contributed by atoms with van der Waals surface area (Å²) in [5, 5.41) is 2.69. The molecule has 0 atom stereocenters. The Morgan fingerprint density at radius 1 is 0.521 bits per heavy atom. The van der Waals surface area contributed by atoms with Gasteiger partial charge in [-0.05, 0) is 118 Å². The van der Waals surface area contributed by atoms with E-state index in [4.69, 9.17) is 0 Å². The van der Waals surface area contributed by atoms with E-state index < -0.39 is 0 Å². The van der Waals surface area contributed by atoms with Crippen LogP contribution in [0.1, 0.15) is 79.1 Å². The molecule has 6 aromatic carbocycles. The summed E-state index contributed by atoms with van der Waals surface area (Å²) in [6, 6.07) is 43.4. The number of benzene rings is 6. The Labute approximate surface area is 285 Å². The van der Waals surface area contributed by atoms with E-state index in [0.717, 1.165) is 6.42 Å². The largest absolute Gasteiger partial charge is 0.309 e. The van der Waals surface area contributed by atoms with Crippen molar-refractivity contribution in [1.82, 2.24) is 4.57 Å². The Bertz CT molecular complexity index is 2410. The molecular formula is C47H45N. The molecule has 0 saturated carbocycles. The molecule has 0 amide bonds. The topological polar surface area (TPSA) is 4.93 Å². The number of aryl methyl sites for hydroxylation is 4. The minimum atomic E-state index is -0.210. The Morgan fingerprint density at radius 2 is 1.12 bits per heavy atom. The number of aromatic nitrogens is 1. The zero-order chi connectivity index (χ0) is 33.5. The molecule has 8 rings (SSSR count). The monoisotopic (exact) mass is 623 g/mol. The van der Waals surface area contributed by atoms with E-state index in [0.29, 0.717) is 0 Å². The number of nitrogens with zero attached hydrogens (tertiary/aromatic N) is 1. The van der Waals surface area contributed by atoms with E-state index >= 15 is 0 Å². The van der Waals surface area contributed by atoms with E-state index in [-0.39, 0.29) is 10.8 Å². The van der Waals surface area contributed by atoms with Gasteiger partial charge in [0.25, 0.3) is 0 Å². The quantitative estimate of drug-likeness (QED) is 0.184. The number of para-hydroxylation sites is 1. The first-order valence-corrected chi connectivity index (χ1v) is 17.5. The van der Waals surface area contributed by atoms with Crippen molar-refractivity contribution in [1.29, 1.82) is 0 Å². The first-order chi connectivity index (χ1) is 23.1. The molecule has 1 aliphatic rings. The van der Waals surface area contributed by atoms with Crippen LogP contribution in [0.2, 0.25) is 0 Å². The summed E-state index contributed by atoms with van der Waals surface area (Å²) in [6.45, 7) is 18.8. The lowest BCUT2D eigenvalue weighted by atomic mass is 9.57. The fourth-order valence-electron chi connectivity index (χ4n) is 8.99. The zero-order valence-corrected chi connectivity index (χ0v) is 29.6. The molecule has 0 radical (unpaired) electrons. The second kappa shape index (κ2) is 10.8. The van der Waals surface area contributed by atoms with Crippen LogP contribution in [0.4, 0.5) is 0 Å². The number of fused-ring (bicyclic) bond motifs is 6. The van der Waals surface area contributed by atoms with Crippen molar-refractivity contribution >= 4 is 21.8 Å². The van der Waals surface area contributed by atoms with Crippen LogP contribution >= 0.6 is 0 Å². The molecular weight excluding hydrogens is 579 g/mol. The van der Waals surface area contributed by atoms with E-state index in [2.05, 4.69) is 175 Å². The standard InChI is InChI=1S/C47H45N/c1-9-32-17-11-13-19-35(32)37-28-33(24-22-30(37)3)48-40-21-15-14-20-36(40)43-41(48)27-26-39-45(43)47(7,8)38-25-23-31(4)42(44(38)46(39,5)6)34-18-12-10-16-29(34)2/h10-28H,9H2,1-8H3. The van der Waals surface area contributed by atoms with Crippen molar-refractivity contribution in [2.45, 2.75) is 72.6 Å². The summed E-state index contributed by atoms with van der Waals surface area (Å²) in [7, 11) is 0. The van der Waals surface area contributed by atoms with Crippen LogP contribution in [-0.4, -0.2) is 4.57 Å². The van der Waals surface area contributed by atoms with Crippen LogP contribution in [0, 0.1) is 20.8 Å². The molecule has 1 heteroatoms. The Balaban J connectivity index is 1.44. The van der Waals surface area contributed by atoms with Crippen molar-refractivity contribution < 1.29 is 0 Å². The molecule has 48 heavy (non-hydrogen) atoms. The predicted molar refractivity (Wildman–Crippen MR) is 206 cm³/mol. The lowest BCUT2D eigenvalue weighted by molar-refractivity contribution is 0.526. The smallest absolute Gasteiger partial charge is 0.0544 e. The Morgan fingerprint density at radius 3 is 1.90 bits per heavy atom. The van der Waals surface area contributed by atoms with Gasteiger partial charge >= 0.3 is 0 Å². The van der Waals surface area contributed by atoms with Gasteiger partial charge in [0.1, 0.15) is 0 Å². The molecule has 1 nitrogen and oxygen atoms in total. The molecule has 0 fully saturated rings. The third-order valence-electron chi connectivity index (χ3n) is 11.4. The van der Waals surface area contributed by atoms with Crippen LogP contribution in [0.3, 0.4) is 0 Å². The highest BCUT2D eigenvalue weighted by Gasteiger charge is 2.45. The average Bonchev–Trinajstić information content (AvgIpc) is 3.42. The fourth-order valence-corrected chi connectivity index (χ4v) is 8.99. The van der Waals surface area contributed by atoms with E-state index in [1.54, 1.807) is 0 Å². The Kier molecular flexibility index (Phi) is 6.87. The minimum absolute atomic E-state index is 0.192. The molecule has 1 aliphatic carbocycles. The molecule has 0 saturated heterocycles. The Hall–Kier alpha value is -4.88. The van der Waals surface area contributed by atoms with Gasteiger partial charge in [0.2, 0.25) is 0 Å². The van der Waals surface area contributed by atoms with Gasteiger partial charge < -0.3 is 4.57 Å². The van der Waals surface area contributed by atoms with Gasteiger partial charge in [0.15, 0.2) is 0 Å². The number of hydrogen-bond donors (Lipinski definition) is 0. The summed E-state index contributed by atoms with van der Waals surface area (Å²) in [4.78, 5) is 0. The molecule has 0 bridgehead atoms. The maximum absolute atomic E-state index is 2.51. The highest BCUT2D eigenvalue weighted by atomic mass is 15.0. The van der Waals surface area contributed by atoms with Crippen molar-refractivity contribution in [2.75, 3.05) is 0 Å². The maximum atomic E-state index is 2.51. The van der Waals surface area contributed by atoms with Crippen LogP contribution in [-0.2, 0) is 17.3 Å². The van der Waals surface area contributed by atoms with Crippen LogP contribution in [0.5, 0.6) is 0 Å². The van der Waals surface area contributed by atoms with Gasteiger partial charge in [-0.15, -0.1) is 0 Å². The molecule has 0 N–H and O–H groups in total. The third-order valence-corrected chi connectivity index (χ3v) is 11.4. The molecule has 0 aliphatic heterocycles. The van der Waals surface area contributed by atoms with E-state index in [9.17, 15) is 0 Å². The number of hydrogen-bond acceptors (Lipinski definition) is 0. The lowest BCUT2D eigenvalue weighted by Gasteiger charge is -2.46. The highest BCUT2D eigenvalue weighted by Crippen LogP contribution is 2.56. The molecule has 1 aromatic heterocycles. The second-order valence-electron chi connectivity index (χ2n) is 15.0. The van der Waals surface area contributed by atoms with Crippen LogP contribution in [0.15, 0.2) is 115 Å².